The Hall–Kier alpha value is -3.45. The van der Waals surface area contributed by atoms with E-state index >= 15 is 0 Å². The molecule has 0 fully saturated rings. The van der Waals surface area contributed by atoms with Crippen molar-refractivity contribution < 1.29 is 9.53 Å². The SMILES string of the molecule is CCOC(=O)c1ccc(-n2c3nc(=O)[nH]c(=O)c-3cc3ccc(Cl)cc32)cc1. The second-order valence-corrected chi connectivity index (χ2v) is 6.50. The van der Waals surface area contributed by atoms with Crippen LogP contribution in [0.4, 0.5) is 0 Å². The Morgan fingerprint density at radius 2 is 1.89 bits per heavy atom. The molecule has 140 valence electrons. The van der Waals surface area contributed by atoms with E-state index in [0.717, 1.165) is 5.39 Å². The first-order valence-corrected chi connectivity index (χ1v) is 8.88. The number of H-pyrrole nitrogens is 1. The fraction of sp³-hybridized carbons (Fsp3) is 0.100. The Balaban J connectivity index is 2.03. The zero-order valence-electron chi connectivity index (χ0n) is 14.7. The van der Waals surface area contributed by atoms with Gasteiger partial charge in [-0.1, -0.05) is 17.7 Å². The number of aromatic nitrogens is 3. The number of carbonyl (C=O) groups excluding carboxylic acids is 1. The average molecular weight is 396 g/mol. The number of esters is 1. The number of rotatable bonds is 3. The molecule has 4 rings (SSSR count). The summed E-state index contributed by atoms with van der Waals surface area (Å²) >= 11 is 6.17. The number of halogens is 1. The number of aromatic amines is 1. The number of nitrogens with zero attached hydrogens (tertiary/aromatic N) is 2. The quantitative estimate of drug-likeness (QED) is 0.425. The van der Waals surface area contributed by atoms with Crippen molar-refractivity contribution in [1.82, 2.24) is 14.5 Å². The summed E-state index contributed by atoms with van der Waals surface area (Å²) in [5.41, 5.74) is 0.678. The molecule has 0 bridgehead atoms. The van der Waals surface area contributed by atoms with E-state index in [4.69, 9.17) is 16.3 Å². The topological polar surface area (TPSA) is 94.1 Å². The van der Waals surface area contributed by atoms with E-state index in [1.807, 2.05) is 0 Å². The molecular formula is C20H14ClN3O4. The molecule has 2 aliphatic rings. The van der Waals surface area contributed by atoms with Crippen molar-refractivity contribution in [2.45, 2.75) is 6.92 Å². The predicted molar refractivity (Wildman–Crippen MR) is 106 cm³/mol. The lowest BCUT2D eigenvalue weighted by molar-refractivity contribution is 0.0526. The van der Waals surface area contributed by atoms with Crippen LogP contribution in [0.5, 0.6) is 0 Å². The van der Waals surface area contributed by atoms with Gasteiger partial charge >= 0.3 is 11.7 Å². The van der Waals surface area contributed by atoms with Crippen LogP contribution < -0.4 is 11.2 Å². The second kappa shape index (κ2) is 6.94. The maximum atomic E-state index is 12.3. The van der Waals surface area contributed by atoms with E-state index in [1.54, 1.807) is 60.0 Å². The van der Waals surface area contributed by atoms with E-state index in [-0.39, 0.29) is 18.0 Å². The highest BCUT2D eigenvalue weighted by Gasteiger charge is 2.18. The van der Waals surface area contributed by atoms with Crippen LogP contribution in [0.25, 0.3) is 28.0 Å². The van der Waals surface area contributed by atoms with Gasteiger partial charge in [0, 0.05) is 10.7 Å². The fourth-order valence-corrected chi connectivity index (χ4v) is 3.24. The molecule has 2 aliphatic heterocycles. The van der Waals surface area contributed by atoms with Gasteiger partial charge in [0.1, 0.15) is 0 Å². The lowest BCUT2D eigenvalue weighted by Crippen LogP contribution is -2.27. The predicted octanol–water partition coefficient (Wildman–Crippen LogP) is 3.01. The third-order valence-electron chi connectivity index (χ3n) is 4.30. The first kappa shape index (κ1) is 17.9. The van der Waals surface area contributed by atoms with Crippen molar-refractivity contribution in [3.8, 4) is 17.1 Å². The van der Waals surface area contributed by atoms with Crippen LogP contribution >= 0.6 is 11.6 Å². The van der Waals surface area contributed by atoms with E-state index < -0.39 is 17.2 Å². The van der Waals surface area contributed by atoms with Crippen LogP contribution in [-0.4, -0.2) is 27.1 Å². The second-order valence-electron chi connectivity index (χ2n) is 6.06. The first-order chi connectivity index (χ1) is 13.5. The Bertz CT molecular complexity index is 1290. The molecule has 2 aromatic carbocycles. The number of hydrogen-bond acceptors (Lipinski definition) is 5. The van der Waals surface area contributed by atoms with E-state index in [2.05, 4.69) is 9.97 Å². The number of ether oxygens (including phenoxy) is 1. The highest BCUT2D eigenvalue weighted by atomic mass is 35.5. The largest absolute Gasteiger partial charge is 0.462 e. The van der Waals surface area contributed by atoms with Gasteiger partial charge in [-0.15, -0.1) is 0 Å². The van der Waals surface area contributed by atoms with Gasteiger partial charge in [-0.2, -0.15) is 4.98 Å². The number of hydrogen-bond donors (Lipinski definition) is 1. The number of nitrogens with one attached hydrogen (secondary N) is 1. The molecule has 0 aromatic heterocycles. The van der Waals surface area contributed by atoms with Gasteiger partial charge in [-0.05, 0) is 54.8 Å². The Morgan fingerprint density at radius 1 is 1.14 bits per heavy atom. The third-order valence-corrected chi connectivity index (χ3v) is 4.53. The highest BCUT2D eigenvalue weighted by molar-refractivity contribution is 6.31. The standard InChI is InChI=1S/C20H14ClN3O4/c1-2-28-19(26)11-4-7-14(8-5-11)24-16-10-13(21)6-3-12(16)9-15-17(24)22-20(27)23-18(15)25/h3-10H,2H2,1H3,(H,23,25,27). The summed E-state index contributed by atoms with van der Waals surface area (Å²) < 4.78 is 6.67. The summed E-state index contributed by atoms with van der Waals surface area (Å²) in [6.45, 7) is 2.01. The third kappa shape index (κ3) is 3.05. The van der Waals surface area contributed by atoms with Crippen molar-refractivity contribution in [3.05, 3.63) is 80.0 Å². The van der Waals surface area contributed by atoms with Crippen molar-refractivity contribution >= 4 is 28.5 Å². The molecule has 1 N–H and O–H groups in total. The Kier molecular flexibility index (Phi) is 4.44. The lowest BCUT2D eigenvalue weighted by atomic mass is 10.1. The number of pyridine rings is 1. The van der Waals surface area contributed by atoms with Crippen molar-refractivity contribution in [1.29, 1.82) is 0 Å². The van der Waals surface area contributed by atoms with Crippen molar-refractivity contribution in [2.75, 3.05) is 6.61 Å². The molecule has 0 unspecified atom stereocenters. The van der Waals surface area contributed by atoms with Gasteiger partial charge in [-0.25, -0.2) is 9.59 Å². The van der Waals surface area contributed by atoms with E-state index in [9.17, 15) is 14.4 Å². The lowest BCUT2D eigenvalue weighted by Gasteiger charge is -2.18. The van der Waals surface area contributed by atoms with Crippen molar-refractivity contribution in [2.24, 2.45) is 0 Å². The summed E-state index contributed by atoms with van der Waals surface area (Å²) in [6.07, 6.45) is 0. The monoisotopic (exact) mass is 395 g/mol. The summed E-state index contributed by atoms with van der Waals surface area (Å²) in [7, 11) is 0. The van der Waals surface area contributed by atoms with Gasteiger partial charge < -0.3 is 4.74 Å². The van der Waals surface area contributed by atoms with Crippen molar-refractivity contribution in [3.63, 3.8) is 0 Å². The van der Waals surface area contributed by atoms with Gasteiger partial charge in [0.05, 0.1) is 23.3 Å². The number of fused-ring (bicyclic) bond motifs is 2. The molecule has 0 spiro atoms. The van der Waals surface area contributed by atoms with Crippen LogP contribution in [0, 0.1) is 0 Å². The summed E-state index contributed by atoms with van der Waals surface area (Å²) in [5.74, 6) is -0.228. The minimum Gasteiger partial charge on any atom is -0.462 e. The zero-order valence-corrected chi connectivity index (χ0v) is 15.5. The molecule has 2 heterocycles. The maximum Gasteiger partial charge on any atom is 0.349 e. The normalized spacial score (nSPS) is 11.1. The summed E-state index contributed by atoms with van der Waals surface area (Å²) in [6, 6.07) is 13.5. The summed E-state index contributed by atoms with van der Waals surface area (Å²) in [4.78, 5) is 42.2. The van der Waals surface area contributed by atoms with Crippen LogP contribution in [0.3, 0.4) is 0 Å². The molecular weight excluding hydrogens is 382 g/mol. The number of carbonyl (C=O) groups is 1. The first-order valence-electron chi connectivity index (χ1n) is 8.51. The molecule has 28 heavy (non-hydrogen) atoms. The van der Waals surface area contributed by atoms with Gasteiger partial charge in [-0.3, -0.25) is 14.3 Å². The van der Waals surface area contributed by atoms with Gasteiger partial charge in [0.2, 0.25) is 0 Å². The molecule has 2 aromatic rings. The van der Waals surface area contributed by atoms with Crippen LogP contribution in [-0.2, 0) is 4.74 Å². The molecule has 0 atom stereocenters. The molecule has 0 amide bonds. The molecule has 0 saturated carbocycles. The maximum absolute atomic E-state index is 12.3. The average Bonchev–Trinajstić information content (AvgIpc) is 2.67. The molecule has 0 aliphatic carbocycles. The summed E-state index contributed by atoms with van der Waals surface area (Å²) in [5, 5.41) is 1.24. The van der Waals surface area contributed by atoms with Crippen LogP contribution in [0.15, 0.2) is 58.1 Å². The Morgan fingerprint density at radius 3 is 2.61 bits per heavy atom. The zero-order chi connectivity index (χ0) is 19.8. The molecule has 7 nitrogen and oxygen atoms in total. The molecule has 8 heteroatoms. The van der Waals surface area contributed by atoms with Gasteiger partial charge in [0.25, 0.3) is 5.56 Å². The Labute approximate surface area is 163 Å². The van der Waals surface area contributed by atoms with Crippen LogP contribution in [0.2, 0.25) is 5.02 Å². The number of benzene rings is 2. The van der Waals surface area contributed by atoms with Crippen LogP contribution in [0.1, 0.15) is 17.3 Å². The fourth-order valence-electron chi connectivity index (χ4n) is 3.08. The minimum absolute atomic E-state index is 0.201. The smallest absolute Gasteiger partial charge is 0.349 e. The molecule has 0 radical (unpaired) electrons. The minimum atomic E-state index is -0.740. The van der Waals surface area contributed by atoms with Gasteiger partial charge in [0.15, 0.2) is 5.82 Å². The van der Waals surface area contributed by atoms with E-state index in [0.29, 0.717) is 21.8 Å². The van der Waals surface area contributed by atoms with E-state index in [1.165, 1.54) is 0 Å². The highest BCUT2D eigenvalue weighted by Crippen LogP contribution is 2.29. The molecule has 0 saturated heterocycles.